The summed E-state index contributed by atoms with van der Waals surface area (Å²) in [6.07, 6.45) is 5.67. The second-order valence-corrected chi connectivity index (χ2v) is 8.07. The molecular formula is C24H30N4O2. The Balaban J connectivity index is 1.49. The number of amides is 3. The fourth-order valence-electron chi connectivity index (χ4n) is 4.24. The molecule has 2 heterocycles. The fraction of sp³-hybridized carbons (Fsp3) is 0.417. The van der Waals surface area contributed by atoms with E-state index in [2.05, 4.69) is 15.5 Å². The topological polar surface area (TPSA) is 64.7 Å². The van der Waals surface area contributed by atoms with Gasteiger partial charge >= 0.3 is 6.03 Å². The standard InChI is InChI=1S/C24H30N4O2/c29-23(28-15-7-8-16-28)21-17-20(11-12-22(21)27-13-5-2-6-14-27)26-24(30)25-18-19-9-3-1-4-10-19/h1,3-4,9-12,17H,2,5-8,13-16,18H2,(H2,25,26,30). The van der Waals surface area contributed by atoms with E-state index < -0.39 is 0 Å². The van der Waals surface area contributed by atoms with E-state index >= 15 is 0 Å². The molecular weight excluding hydrogens is 376 g/mol. The van der Waals surface area contributed by atoms with Crippen LogP contribution in [0.15, 0.2) is 48.5 Å². The Kier molecular flexibility index (Phi) is 6.52. The van der Waals surface area contributed by atoms with Gasteiger partial charge < -0.3 is 20.4 Å². The van der Waals surface area contributed by atoms with Crippen molar-refractivity contribution in [3.63, 3.8) is 0 Å². The number of hydrogen-bond acceptors (Lipinski definition) is 3. The number of nitrogens with zero attached hydrogens (tertiary/aromatic N) is 2. The maximum atomic E-state index is 13.2. The number of rotatable bonds is 5. The van der Waals surface area contributed by atoms with Crippen LogP contribution in [-0.4, -0.2) is 43.0 Å². The monoisotopic (exact) mass is 406 g/mol. The van der Waals surface area contributed by atoms with Crippen molar-refractivity contribution < 1.29 is 9.59 Å². The number of anilines is 2. The largest absolute Gasteiger partial charge is 0.371 e. The van der Waals surface area contributed by atoms with Gasteiger partial charge in [0.2, 0.25) is 0 Å². The summed E-state index contributed by atoms with van der Waals surface area (Å²) in [6, 6.07) is 15.2. The molecule has 2 aliphatic heterocycles. The van der Waals surface area contributed by atoms with Crippen molar-refractivity contribution in [2.75, 3.05) is 36.4 Å². The highest BCUT2D eigenvalue weighted by molar-refractivity contribution is 6.02. The van der Waals surface area contributed by atoms with Crippen LogP contribution in [0.1, 0.15) is 48.0 Å². The first-order chi connectivity index (χ1) is 14.7. The Morgan fingerprint density at radius 3 is 2.27 bits per heavy atom. The third kappa shape index (κ3) is 4.93. The van der Waals surface area contributed by atoms with E-state index in [0.717, 1.165) is 63.1 Å². The molecule has 0 radical (unpaired) electrons. The molecule has 30 heavy (non-hydrogen) atoms. The minimum atomic E-state index is -0.274. The predicted octanol–water partition coefficient (Wildman–Crippen LogP) is 4.23. The lowest BCUT2D eigenvalue weighted by Crippen LogP contribution is -2.34. The summed E-state index contributed by atoms with van der Waals surface area (Å²) in [4.78, 5) is 29.9. The van der Waals surface area contributed by atoms with Crippen LogP contribution in [0.4, 0.5) is 16.2 Å². The minimum absolute atomic E-state index is 0.0708. The van der Waals surface area contributed by atoms with E-state index in [1.165, 1.54) is 6.42 Å². The summed E-state index contributed by atoms with van der Waals surface area (Å²) < 4.78 is 0. The second-order valence-electron chi connectivity index (χ2n) is 8.07. The molecule has 4 rings (SSSR count). The molecule has 0 bridgehead atoms. The van der Waals surface area contributed by atoms with E-state index in [1.54, 1.807) is 0 Å². The molecule has 2 aromatic carbocycles. The van der Waals surface area contributed by atoms with Gasteiger partial charge in [0, 0.05) is 44.1 Å². The smallest absolute Gasteiger partial charge is 0.319 e. The van der Waals surface area contributed by atoms with Crippen LogP contribution in [0.3, 0.4) is 0 Å². The van der Waals surface area contributed by atoms with Crippen LogP contribution >= 0.6 is 0 Å². The van der Waals surface area contributed by atoms with Gasteiger partial charge in [-0.25, -0.2) is 4.79 Å². The Labute approximate surface area is 178 Å². The van der Waals surface area contributed by atoms with Gasteiger partial charge in [-0.15, -0.1) is 0 Å². The van der Waals surface area contributed by atoms with Crippen LogP contribution in [0, 0.1) is 0 Å². The number of hydrogen-bond donors (Lipinski definition) is 2. The van der Waals surface area contributed by atoms with Crippen molar-refractivity contribution in [2.24, 2.45) is 0 Å². The molecule has 2 N–H and O–H groups in total. The Morgan fingerprint density at radius 1 is 0.833 bits per heavy atom. The van der Waals surface area contributed by atoms with Crippen molar-refractivity contribution >= 4 is 23.3 Å². The molecule has 2 aromatic rings. The van der Waals surface area contributed by atoms with Crippen molar-refractivity contribution in [1.29, 1.82) is 0 Å². The third-order valence-electron chi connectivity index (χ3n) is 5.87. The van der Waals surface area contributed by atoms with E-state index in [1.807, 2.05) is 53.4 Å². The first kappa shape index (κ1) is 20.3. The Hall–Kier alpha value is -3.02. The predicted molar refractivity (Wildman–Crippen MR) is 120 cm³/mol. The Bertz CT molecular complexity index is 872. The van der Waals surface area contributed by atoms with Gasteiger partial charge in [0.25, 0.3) is 5.91 Å². The van der Waals surface area contributed by atoms with Crippen LogP contribution in [0.25, 0.3) is 0 Å². The lowest BCUT2D eigenvalue weighted by atomic mass is 10.1. The summed E-state index contributed by atoms with van der Waals surface area (Å²) in [6.45, 7) is 4.04. The SMILES string of the molecule is O=C(NCc1ccccc1)Nc1ccc(N2CCCCC2)c(C(=O)N2CCCC2)c1. The van der Waals surface area contributed by atoms with Gasteiger partial charge in [-0.05, 0) is 55.9 Å². The highest BCUT2D eigenvalue weighted by Gasteiger charge is 2.25. The summed E-state index contributed by atoms with van der Waals surface area (Å²) in [7, 11) is 0. The lowest BCUT2D eigenvalue weighted by molar-refractivity contribution is 0.0793. The first-order valence-corrected chi connectivity index (χ1v) is 11.0. The van der Waals surface area contributed by atoms with Crippen LogP contribution in [0.2, 0.25) is 0 Å². The molecule has 2 fully saturated rings. The van der Waals surface area contributed by atoms with Crippen LogP contribution in [-0.2, 0) is 6.54 Å². The lowest BCUT2D eigenvalue weighted by Gasteiger charge is -2.31. The third-order valence-corrected chi connectivity index (χ3v) is 5.87. The Morgan fingerprint density at radius 2 is 1.53 bits per heavy atom. The van der Waals surface area contributed by atoms with E-state index in [4.69, 9.17) is 0 Å². The second kappa shape index (κ2) is 9.65. The van der Waals surface area contributed by atoms with E-state index in [9.17, 15) is 9.59 Å². The first-order valence-electron chi connectivity index (χ1n) is 11.0. The molecule has 0 unspecified atom stereocenters. The molecule has 0 aliphatic carbocycles. The van der Waals surface area contributed by atoms with Crippen LogP contribution in [0.5, 0.6) is 0 Å². The molecule has 6 nitrogen and oxygen atoms in total. The highest BCUT2D eigenvalue weighted by atomic mass is 16.2. The summed E-state index contributed by atoms with van der Waals surface area (Å²) >= 11 is 0. The van der Waals surface area contributed by atoms with E-state index in [0.29, 0.717) is 17.8 Å². The van der Waals surface area contributed by atoms with Gasteiger partial charge in [0.1, 0.15) is 0 Å². The molecule has 2 aliphatic rings. The summed E-state index contributed by atoms with van der Waals surface area (Å²) in [5, 5.41) is 5.76. The zero-order valence-corrected chi connectivity index (χ0v) is 17.4. The zero-order chi connectivity index (χ0) is 20.8. The van der Waals surface area contributed by atoms with Gasteiger partial charge in [-0.3, -0.25) is 4.79 Å². The molecule has 2 saturated heterocycles. The fourth-order valence-corrected chi connectivity index (χ4v) is 4.24. The average Bonchev–Trinajstić information content (AvgIpc) is 3.33. The normalized spacial score (nSPS) is 16.4. The molecule has 6 heteroatoms. The molecule has 0 spiro atoms. The number of urea groups is 1. The molecule has 3 amide bonds. The van der Waals surface area contributed by atoms with Gasteiger partial charge in [-0.1, -0.05) is 30.3 Å². The quantitative estimate of drug-likeness (QED) is 0.781. The number of nitrogens with one attached hydrogen (secondary N) is 2. The molecule has 0 atom stereocenters. The number of likely N-dealkylation sites (tertiary alicyclic amines) is 1. The maximum Gasteiger partial charge on any atom is 0.319 e. The number of carbonyl (C=O) groups excluding carboxylic acids is 2. The molecule has 158 valence electrons. The van der Waals surface area contributed by atoms with Gasteiger partial charge in [-0.2, -0.15) is 0 Å². The van der Waals surface area contributed by atoms with Crippen molar-refractivity contribution in [1.82, 2.24) is 10.2 Å². The van der Waals surface area contributed by atoms with E-state index in [-0.39, 0.29) is 11.9 Å². The number of piperidine rings is 1. The minimum Gasteiger partial charge on any atom is -0.371 e. The molecule has 0 saturated carbocycles. The maximum absolute atomic E-state index is 13.2. The average molecular weight is 407 g/mol. The number of carbonyl (C=O) groups is 2. The zero-order valence-electron chi connectivity index (χ0n) is 17.4. The highest BCUT2D eigenvalue weighted by Crippen LogP contribution is 2.29. The summed E-state index contributed by atoms with van der Waals surface area (Å²) in [5.41, 5.74) is 3.36. The van der Waals surface area contributed by atoms with Crippen molar-refractivity contribution in [3.8, 4) is 0 Å². The van der Waals surface area contributed by atoms with Gasteiger partial charge in [0.05, 0.1) is 5.56 Å². The molecule has 0 aromatic heterocycles. The van der Waals surface area contributed by atoms with Gasteiger partial charge in [0.15, 0.2) is 0 Å². The van der Waals surface area contributed by atoms with Crippen molar-refractivity contribution in [3.05, 3.63) is 59.7 Å². The van der Waals surface area contributed by atoms with Crippen LogP contribution < -0.4 is 15.5 Å². The summed E-state index contributed by atoms with van der Waals surface area (Å²) in [5.74, 6) is 0.0708. The van der Waals surface area contributed by atoms with Crippen molar-refractivity contribution in [2.45, 2.75) is 38.6 Å². The number of benzene rings is 2.